The number of aryl methyl sites for hydroxylation is 2. The smallest absolute Gasteiger partial charge is 0.0665 e. The van der Waals surface area contributed by atoms with E-state index >= 15 is 0 Å². The highest BCUT2D eigenvalue weighted by Gasteiger charge is 2.07. The molecule has 94 valence electrons. The summed E-state index contributed by atoms with van der Waals surface area (Å²) in [5.74, 6) is 0. The van der Waals surface area contributed by atoms with Gasteiger partial charge in [0.1, 0.15) is 0 Å². The lowest BCUT2D eigenvalue weighted by Gasteiger charge is -2.17. The van der Waals surface area contributed by atoms with Crippen molar-refractivity contribution < 1.29 is 0 Å². The van der Waals surface area contributed by atoms with Gasteiger partial charge < -0.3 is 5.32 Å². The fraction of sp³-hybridized carbons (Fsp3) is 0.643. The summed E-state index contributed by atoms with van der Waals surface area (Å²) >= 11 is 0. The second-order valence-electron chi connectivity index (χ2n) is 4.97. The van der Waals surface area contributed by atoms with E-state index in [1.54, 1.807) is 0 Å². The zero-order valence-corrected chi connectivity index (χ0v) is 10.9. The molecule has 1 fully saturated rings. The van der Waals surface area contributed by atoms with Gasteiger partial charge in [0, 0.05) is 24.8 Å². The highest BCUT2D eigenvalue weighted by Crippen LogP contribution is 2.13. The molecule has 0 saturated carbocycles. The molecule has 1 saturated heterocycles. The number of nitrogens with zero attached hydrogens (tertiary/aromatic N) is 2. The van der Waals surface area contributed by atoms with Crippen LogP contribution in [0.2, 0.25) is 0 Å². The zero-order valence-electron chi connectivity index (χ0n) is 10.9. The first kappa shape index (κ1) is 12.4. The quantitative estimate of drug-likeness (QED) is 0.851. The van der Waals surface area contributed by atoms with Gasteiger partial charge in [0.15, 0.2) is 0 Å². The van der Waals surface area contributed by atoms with Crippen molar-refractivity contribution in [2.24, 2.45) is 7.05 Å². The van der Waals surface area contributed by atoms with Crippen LogP contribution >= 0.6 is 0 Å². The minimum absolute atomic E-state index is 0.537. The van der Waals surface area contributed by atoms with Crippen LogP contribution in [0.3, 0.4) is 0 Å². The van der Waals surface area contributed by atoms with E-state index in [-0.39, 0.29) is 0 Å². The molecule has 3 heteroatoms. The molecule has 1 unspecified atom stereocenters. The van der Waals surface area contributed by atoms with Crippen molar-refractivity contribution in [3.05, 3.63) is 23.5 Å². The summed E-state index contributed by atoms with van der Waals surface area (Å²) in [5, 5.41) is 7.96. The molecule has 1 atom stereocenters. The van der Waals surface area contributed by atoms with Gasteiger partial charge in [-0.15, -0.1) is 0 Å². The fourth-order valence-electron chi connectivity index (χ4n) is 2.40. The average Bonchev–Trinajstić information content (AvgIpc) is 2.56. The molecule has 1 aromatic heterocycles. The maximum absolute atomic E-state index is 4.35. The van der Waals surface area contributed by atoms with Crippen molar-refractivity contribution in [1.82, 2.24) is 15.1 Å². The molecule has 1 N–H and O–H groups in total. The Kier molecular flexibility index (Phi) is 4.37. The van der Waals surface area contributed by atoms with Crippen LogP contribution in [-0.4, -0.2) is 22.4 Å². The van der Waals surface area contributed by atoms with Crippen LogP contribution in [0.25, 0.3) is 6.08 Å². The number of rotatable bonds is 2. The van der Waals surface area contributed by atoms with E-state index in [0.717, 1.165) is 12.2 Å². The van der Waals surface area contributed by atoms with E-state index in [1.807, 2.05) is 11.7 Å². The molecule has 0 aliphatic carbocycles. The fourth-order valence-corrected chi connectivity index (χ4v) is 2.40. The first-order valence-corrected chi connectivity index (χ1v) is 6.67. The van der Waals surface area contributed by atoms with E-state index < -0.39 is 0 Å². The molecule has 0 amide bonds. The first-order valence-electron chi connectivity index (χ1n) is 6.67. The molecular formula is C14H23N3. The van der Waals surface area contributed by atoms with E-state index in [9.17, 15) is 0 Å². The molecule has 1 aliphatic rings. The lowest BCUT2D eigenvalue weighted by molar-refractivity contribution is 0.465. The van der Waals surface area contributed by atoms with E-state index in [0.29, 0.717) is 6.04 Å². The van der Waals surface area contributed by atoms with E-state index in [4.69, 9.17) is 0 Å². The first-order chi connectivity index (χ1) is 8.25. The lowest BCUT2D eigenvalue weighted by Crippen LogP contribution is -2.29. The van der Waals surface area contributed by atoms with Crippen molar-refractivity contribution in [2.75, 3.05) is 6.54 Å². The van der Waals surface area contributed by atoms with Crippen LogP contribution < -0.4 is 5.32 Å². The molecule has 17 heavy (non-hydrogen) atoms. The Morgan fingerprint density at radius 2 is 2.18 bits per heavy atom. The third-order valence-electron chi connectivity index (χ3n) is 3.41. The van der Waals surface area contributed by atoms with Crippen molar-refractivity contribution in [1.29, 1.82) is 0 Å². The van der Waals surface area contributed by atoms with Gasteiger partial charge in [-0.2, -0.15) is 5.10 Å². The molecule has 1 aromatic rings. The van der Waals surface area contributed by atoms with Crippen molar-refractivity contribution in [3.63, 3.8) is 0 Å². The number of aromatic nitrogens is 2. The Bertz CT molecular complexity index is 371. The Labute approximate surface area is 104 Å². The van der Waals surface area contributed by atoms with Crippen LogP contribution in [0.1, 0.15) is 43.4 Å². The SMILES string of the molecule is Cc1nn(C)cc1/C=C/C1CCCCCCN1. The Morgan fingerprint density at radius 3 is 2.94 bits per heavy atom. The number of hydrogen-bond acceptors (Lipinski definition) is 2. The van der Waals surface area contributed by atoms with E-state index in [2.05, 4.69) is 35.7 Å². The summed E-state index contributed by atoms with van der Waals surface area (Å²) in [6.07, 6.45) is 13.3. The predicted octanol–water partition coefficient (Wildman–Crippen LogP) is 2.66. The molecular weight excluding hydrogens is 210 g/mol. The van der Waals surface area contributed by atoms with Gasteiger partial charge in [-0.1, -0.05) is 31.4 Å². The summed E-state index contributed by atoms with van der Waals surface area (Å²) < 4.78 is 1.88. The van der Waals surface area contributed by atoms with Gasteiger partial charge in [-0.3, -0.25) is 4.68 Å². The van der Waals surface area contributed by atoms with Gasteiger partial charge in [0.25, 0.3) is 0 Å². The summed E-state index contributed by atoms with van der Waals surface area (Å²) in [4.78, 5) is 0. The molecule has 0 bridgehead atoms. The Morgan fingerprint density at radius 1 is 1.35 bits per heavy atom. The topological polar surface area (TPSA) is 29.9 Å². The second kappa shape index (κ2) is 6.01. The highest BCUT2D eigenvalue weighted by atomic mass is 15.2. The molecule has 2 rings (SSSR count). The molecule has 0 radical (unpaired) electrons. The maximum Gasteiger partial charge on any atom is 0.0665 e. The molecule has 3 nitrogen and oxygen atoms in total. The minimum Gasteiger partial charge on any atom is -0.311 e. The molecule has 0 aromatic carbocycles. The molecule has 2 heterocycles. The van der Waals surface area contributed by atoms with Crippen LogP contribution in [0.15, 0.2) is 12.3 Å². The van der Waals surface area contributed by atoms with Crippen LogP contribution in [-0.2, 0) is 7.05 Å². The predicted molar refractivity (Wildman–Crippen MR) is 71.9 cm³/mol. The lowest BCUT2D eigenvalue weighted by atomic mass is 10.0. The monoisotopic (exact) mass is 233 g/mol. The minimum atomic E-state index is 0.537. The second-order valence-corrected chi connectivity index (χ2v) is 4.97. The average molecular weight is 233 g/mol. The van der Waals surface area contributed by atoms with Gasteiger partial charge in [0.05, 0.1) is 5.69 Å². The Balaban J connectivity index is 1.96. The molecule has 1 aliphatic heterocycles. The van der Waals surface area contributed by atoms with Gasteiger partial charge in [0.2, 0.25) is 0 Å². The summed E-state index contributed by atoms with van der Waals surface area (Å²) in [5.41, 5.74) is 2.34. The van der Waals surface area contributed by atoms with Crippen molar-refractivity contribution in [3.8, 4) is 0 Å². The van der Waals surface area contributed by atoms with Crippen LogP contribution in [0.4, 0.5) is 0 Å². The van der Waals surface area contributed by atoms with Gasteiger partial charge in [-0.25, -0.2) is 0 Å². The summed E-state index contributed by atoms with van der Waals surface area (Å²) in [7, 11) is 1.97. The third-order valence-corrected chi connectivity index (χ3v) is 3.41. The Hall–Kier alpha value is -1.09. The number of nitrogens with one attached hydrogen (secondary N) is 1. The van der Waals surface area contributed by atoms with Crippen molar-refractivity contribution in [2.45, 2.75) is 45.1 Å². The van der Waals surface area contributed by atoms with E-state index in [1.165, 1.54) is 37.7 Å². The van der Waals surface area contributed by atoms with Crippen LogP contribution in [0, 0.1) is 6.92 Å². The number of hydrogen-bond donors (Lipinski definition) is 1. The summed E-state index contributed by atoms with van der Waals surface area (Å²) in [6, 6.07) is 0.537. The molecule has 0 spiro atoms. The van der Waals surface area contributed by atoms with Crippen LogP contribution in [0.5, 0.6) is 0 Å². The standard InChI is InChI=1S/C14H23N3/c1-12-13(11-17(2)16-12)8-9-14-7-5-3-4-6-10-15-14/h8-9,11,14-15H,3-7,10H2,1-2H3/b9-8+. The van der Waals surface area contributed by atoms with Gasteiger partial charge >= 0.3 is 0 Å². The normalized spacial score (nSPS) is 22.6. The largest absolute Gasteiger partial charge is 0.311 e. The highest BCUT2D eigenvalue weighted by molar-refractivity contribution is 5.51. The van der Waals surface area contributed by atoms with Gasteiger partial charge in [-0.05, 0) is 26.3 Å². The summed E-state index contributed by atoms with van der Waals surface area (Å²) in [6.45, 7) is 3.21. The zero-order chi connectivity index (χ0) is 12.1. The maximum atomic E-state index is 4.35. The third kappa shape index (κ3) is 3.70. The van der Waals surface area contributed by atoms with Crippen molar-refractivity contribution >= 4 is 6.08 Å².